The smallest absolute Gasteiger partial charge is 0.320 e. The third-order valence-electron chi connectivity index (χ3n) is 4.07. The van der Waals surface area contributed by atoms with Crippen molar-refractivity contribution in [1.82, 2.24) is 24.8 Å². The van der Waals surface area contributed by atoms with Gasteiger partial charge in [0.05, 0.1) is 6.04 Å². The van der Waals surface area contributed by atoms with Crippen LogP contribution >= 0.6 is 0 Å². The maximum absolute atomic E-state index is 12.3. The molecule has 1 aromatic heterocycles. The summed E-state index contributed by atoms with van der Waals surface area (Å²) in [5.74, 6) is 1.31. The molecule has 2 amide bonds. The molecule has 0 bridgehead atoms. The third kappa shape index (κ3) is 3.53. The minimum Gasteiger partial charge on any atom is -0.338 e. The van der Waals surface area contributed by atoms with Gasteiger partial charge in [0.1, 0.15) is 0 Å². The third-order valence-corrected chi connectivity index (χ3v) is 4.07. The normalized spacial score (nSPS) is 17.8. The Morgan fingerprint density at radius 3 is 2.38 bits per heavy atom. The number of hydrogen-bond donors (Lipinski definition) is 0. The van der Waals surface area contributed by atoms with Crippen molar-refractivity contribution in [3.63, 3.8) is 0 Å². The molecule has 1 aliphatic rings. The van der Waals surface area contributed by atoms with Gasteiger partial charge in [0.25, 0.3) is 0 Å². The highest BCUT2D eigenvalue weighted by atomic mass is 16.5. The van der Waals surface area contributed by atoms with E-state index in [4.69, 9.17) is 4.52 Å². The van der Waals surface area contributed by atoms with E-state index < -0.39 is 0 Å². The molecule has 7 nitrogen and oxygen atoms in total. The van der Waals surface area contributed by atoms with Crippen LogP contribution in [0.2, 0.25) is 0 Å². The van der Waals surface area contributed by atoms with E-state index in [1.54, 1.807) is 0 Å². The Hall–Kier alpha value is -1.63. The summed E-state index contributed by atoms with van der Waals surface area (Å²) in [5, 5.41) is 3.84. The van der Waals surface area contributed by atoms with Gasteiger partial charge in [-0.3, -0.25) is 4.90 Å². The molecule has 21 heavy (non-hydrogen) atoms. The van der Waals surface area contributed by atoms with Crippen LogP contribution in [0, 0.1) is 6.92 Å². The number of aromatic nitrogens is 2. The van der Waals surface area contributed by atoms with Crippen LogP contribution in [0.25, 0.3) is 0 Å². The fourth-order valence-corrected chi connectivity index (χ4v) is 2.63. The molecule has 1 fully saturated rings. The van der Waals surface area contributed by atoms with Gasteiger partial charge in [0.15, 0.2) is 5.82 Å². The molecule has 0 saturated carbocycles. The summed E-state index contributed by atoms with van der Waals surface area (Å²) in [5.41, 5.74) is 0. The number of carbonyl (C=O) groups excluding carboxylic acids is 1. The zero-order valence-corrected chi connectivity index (χ0v) is 13.4. The lowest BCUT2D eigenvalue weighted by Crippen LogP contribution is -2.53. The van der Waals surface area contributed by atoms with Gasteiger partial charge >= 0.3 is 6.03 Å². The van der Waals surface area contributed by atoms with E-state index in [1.807, 2.05) is 30.6 Å². The van der Waals surface area contributed by atoms with Crippen molar-refractivity contribution in [2.75, 3.05) is 39.3 Å². The molecular weight excluding hydrogens is 270 g/mol. The summed E-state index contributed by atoms with van der Waals surface area (Å²) >= 11 is 0. The molecule has 1 aromatic rings. The number of hydrogen-bond acceptors (Lipinski definition) is 5. The molecular formula is C14H25N5O2. The first-order chi connectivity index (χ1) is 10.1. The summed E-state index contributed by atoms with van der Waals surface area (Å²) in [7, 11) is 0. The predicted molar refractivity (Wildman–Crippen MR) is 78.9 cm³/mol. The van der Waals surface area contributed by atoms with Gasteiger partial charge in [0, 0.05) is 39.3 Å². The van der Waals surface area contributed by atoms with Crippen molar-refractivity contribution in [2.24, 2.45) is 0 Å². The van der Waals surface area contributed by atoms with E-state index in [0.717, 1.165) is 39.3 Å². The van der Waals surface area contributed by atoms with Crippen LogP contribution < -0.4 is 0 Å². The molecule has 7 heteroatoms. The van der Waals surface area contributed by atoms with E-state index in [0.29, 0.717) is 11.7 Å². The Labute approximate surface area is 125 Å². The summed E-state index contributed by atoms with van der Waals surface area (Å²) < 4.78 is 5.24. The van der Waals surface area contributed by atoms with Gasteiger partial charge in [-0.1, -0.05) is 5.16 Å². The number of rotatable bonds is 4. The van der Waals surface area contributed by atoms with Crippen molar-refractivity contribution in [3.8, 4) is 0 Å². The van der Waals surface area contributed by atoms with Crippen LogP contribution in [0.1, 0.15) is 38.5 Å². The van der Waals surface area contributed by atoms with Crippen molar-refractivity contribution >= 4 is 6.03 Å². The number of nitrogens with zero attached hydrogens (tertiary/aromatic N) is 5. The lowest BCUT2D eigenvalue weighted by molar-refractivity contribution is 0.0866. The lowest BCUT2D eigenvalue weighted by atomic mass is 10.2. The maximum atomic E-state index is 12.3. The van der Waals surface area contributed by atoms with Crippen molar-refractivity contribution in [1.29, 1.82) is 0 Å². The summed E-state index contributed by atoms with van der Waals surface area (Å²) in [4.78, 5) is 22.7. The quantitative estimate of drug-likeness (QED) is 0.842. The second-order valence-electron chi connectivity index (χ2n) is 5.33. The maximum Gasteiger partial charge on any atom is 0.320 e. The average molecular weight is 295 g/mol. The average Bonchev–Trinajstić information content (AvgIpc) is 2.94. The molecule has 1 unspecified atom stereocenters. The van der Waals surface area contributed by atoms with Crippen LogP contribution in [0.5, 0.6) is 0 Å². The van der Waals surface area contributed by atoms with E-state index in [9.17, 15) is 4.79 Å². The molecule has 0 spiro atoms. The standard InChI is InChI=1S/C14H25N5O2/c1-5-17(6-2)14(20)19-9-7-18(8-10-19)11(3)13-15-12(4)16-21-13/h11H,5-10H2,1-4H3. The monoisotopic (exact) mass is 295 g/mol. The second kappa shape index (κ2) is 6.89. The lowest BCUT2D eigenvalue weighted by Gasteiger charge is -2.38. The molecule has 118 valence electrons. The predicted octanol–water partition coefficient (Wildman–Crippen LogP) is 1.52. The Kier molecular flexibility index (Phi) is 5.17. The molecule has 1 aliphatic heterocycles. The highest BCUT2D eigenvalue weighted by Gasteiger charge is 2.28. The molecule has 0 radical (unpaired) electrons. The van der Waals surface area contributed by atoms with Crippen molar-refractivity contribution < 1.29 is 9.32 Å². The number of amides is 2. The van der Waals surface area contributed by atoms with E-state index in [2.05, 4.69) is 22.0 Å². The highest BCUT2D eigenvalue weighted by molar-refractivity contribution is 5.74. The SMILES string of the molecule is CCN(CC)C(=O)N1CCN(C(C)c2nc(C)no2)CC1. The summed E-state index contributed by atoms with van der Waals surface area (Å²) in [6.07, 6.45) is 0. The highest BCUT2D eigenvalue weighted by Crippen LogP contribution is 2.20. The number of piperazine rings is 1. The van der Waals surface area contributed by atoms with Crippen LogP contribution in [-0.4, -0.2) is 70.1 Å². The Morgan fingerprint density at radius 1 is 1.29 bits per heavy atom. The van der Waals surface area contributed by atoms with Gasteiger partial charge in [-0.05, 0) is 27.7 Å². The molecule has 2 rings (SSSR count). The van der Waals surface area contributed by atoms with Gasteiger partial charge in [-0.25, -0.2) is 4.79 Å². The van der Waals surface area contributed by atoms with E-state index >= 15 is 0 Å². The van der Waals surface area contributed by atoms with E-state index in [-0.39, 0.29) is 12.1 Å². The summed E-state index contributed by atoms with van der Waals surface area (Å²) in [6, 6.07) is 0.234. The Morgan fingerprint density at radius 2 is 1.90 bits per heavy atom. The van der Waals surface area contributed by atoms with Crippen LogP contribution in [0.4, 0.5) is 4.79 Å². The van der Waals surface area contributed by atoms with Gasteiger partial charge < -0.3 is 14.3 Å². The zero-order valence-electron chi connectivity index (χ0n) is 13.4. The van der Waals surface area contributed by atoms with Crippen LogP contribution in [-0.2, 0) is 0 Å². The van der Waals surface area contributed by atoms with Gasteiger partial charge in [0.2, 0.25) is 5.89 Å². The van der Waals surface area contributed by atoms with Gasteiger partial charge in [-0.2, -0.15) is 4.98 Å². The zero-order chi connectivity index (χ0) is 15.4. The minimum atomic E-state index is 0.0944. The van der Waals surface area contributed by atoms with Crippen LogP contribution in [0.3, 0.4) is 0 Å². The number of aryl methyl sites for hydroxylation is 1. The minimum absolute atomic E-state index is 0.0944. The molecule has 0 N–H and O–H groups in total. The van der Waals surface area contributed by atoms with Gasteiger partial charge in [-0.15, -0.1) is 0 Å². The molecule has 1 saturated heterocycles. The first-order valence-corrected chi connectivity index (χ1v) is 7.64. The number of urea groups is 1. The first kappa shape index (κ1) is 15.8. The fraction of sp³-hybridized carbons (Fsp3) is 0.786. The van der Waals surface area contributed by atoms with E-state index in [1.165, 1.54) is 0 Å². The summed E-state index contributed by atoms with van der Waals surface area (Å²) in [6.45, 7) is 12.6. The van der Waals surface area contributed by atoms with Crippen LogP contribution in [0.15, 0.2) is 4.52 Å². The second-order valence-corrected chi connectivity index (χ2v) is 5.33. The first-order valence-electron chi connectivity index (χ1n) is 7.64. The topological polar surface area (TPSA) is 65.7 Å². The Bertz CT molecular complexity index is 464. The van der Waals surface area contributed by atoms with Crippen molar-refractivity contribution in [3.05, 3.63) is 11.7 Å². The Balaban J connectivity index is 1.89. The molecule has 2 heterocycles. The molecule has 0 aliphatic carbocycles. The largest absolute Gasteiger partial charge is 0.338 e. The molecule has 0 aromatic carbocycles. The number of carbonyl (C=O) groups is 1. The fourth-order valence-electron chi connectivity index (χ4n) is 2.63. The van der Waals surface area contributed by atoms with Crippen molar-refractivity contribution in [2.45, 2.75) is 33.7 Å². The molecule has 1 atom stereocenters.